The third kappa shape index (κ3) is 11.9. The van der Waals surface area contributed by atoms with Crippen molar-refractivity contribution in [2.75, 3.05) is 0 Å². The highest BCUT2D eigenvalue weighted by Gasteiger charge is 2.36. The molecule has 23 rings (SSSR count). The van der Waals surface area contributed by atoms with E-state index in [9.17, 15) is 13.5 Å². The van der Waals surface area contributed by atoms with Gasteiger partial charge in [0.15, 0.2) is 0 Å². The number of nitrogens with zero attached hydrogens (tertiary/aromatic N) is 1. The van der Waals surface area contributed by atoms with Crippen molar-refractivity contribution >= 4 is 108 Å². The molecule has 0 fully saturated rings. The Labute approximate surface area is 726 Å². The molecule has 0 spiro atoms. The summed E-state index contributed by atoms with van der Waals surface area (Å²) in [5.41, 5.74) is 11.7. The van der Waals surface area contributed by atoms with E-state index in [4.69, 9.17) is 35.6 Å². The third-order valence-electron chi connectivity index (χ3n) is 22.4. The Kier molecular flexibility index (Phi) is 10.9. The maximum absolute atomic E-state index is 10.1. The SMILES string of the molecule is [2H]c1c([2H])c([2H])c(-c2cccc3c(-c4c5c([2H])c([2H])c([2H])c([2H])c5c(-c5cccc6ccccc56)c5c([2H])c([2H])c([2H])c([2H])c45)cccc23)c([2H])c1[2H].[2H]c1c([2H])c([2H])c2c(-c3c4c([2H])c([2H])c([2H])c([2H])c4c(-c4ccccc4)c4c([2H])c([2H])c([2H])c([2H])c34)c([2H])c([2H])c([2H])c2c1[2H].[2H]c1c([2H])c([2H])c2c(-c3cccc4ccccc34)c3cc(C#N)ccc3c(-c3ccc4c(c3)-c3ccc(-c5ccccc5)cc3C4(C)C)c2c1[2H]. The van der Waals surface area contributed by atoms with Crippen LogP contribution in [0.25, 0.3) is 208 Å². The van der Waals surface area contributed by atoms with Crippen LogP contribution in [0, 0.1) is 11.3 Å². The zero-order chi connectivity index (χ0) is 106. The zero-order valence-electron chi connectivity index (χ0n) is 94.5. The molecule has 0 unspecified atom stereocenters. The lowest BCUT2D eigenvalue weighted by molar-refractivity contribution is 0.660. The van der Waals surface area contributed by atoms with Crippen molar-refractivity contribution < 1.29 is 43.9 Å². The van der Waals surface area contributed by atoms with Gasteiger partial charge >= 0.3 is 0 Å². The first kappa shape index (κ1) is 43.8. The summed E-state index contributed by atoms with van der Waals surface area (Å²) in [6.45, 7) is 4.52. The van der Waals surface area contributed by atoms with Crippen LogP contribution < -0.4 is 0 Å². The number of fused-ring (bicyclic) bond motifs is 13. The first-order valence-electron chi connectivity index (χ1n) is 53.9. The highest BCUT2D eigenvalue weighted by atomic mass is 14.4. The summed E-state index contributed by atoms with van der Waals surface area (Å²) in [4.78, 5) is 0. The number of rotatable bonds is 8. The summed E-state index contributed by atoms with van der Waals surface area (Å²) in [6, 6.07) is 60.4. The Morgan fingerprint density at radius 2 is 0.607 bits per heavy atom. The molecule has 1 aliphatic carbocycles. The van der Waals surface area contributed by atoms with Crippen molar-refractivity contribution in [3.8, 4) is 106 Å². The Morgan fingerprint density at radius 3 is 1.15 bits per heavy atom. The smallest absolute Gasteiger partial charge is 0.0991 e. The standard InChI is InChI=1S/C46H31N.C40H26.C30H20/c1-46(2)42-24-21-33(26-40(42)35-23-20-32(27-43(35)46)30-11-4-3-5-12-30)44-37-16-8-9-17-38(37)45(41-25-29(28-47)19-22-39(41)44)36-18-10-14-31-13-6-7-15-34(31)36;1-2-13-27(14-3-1)29-22-11-24-32-31(29)23-12-26-34(32)40-37-20-8-6-18-35(37)39(36-19-7-9-21-38(36)40)33-25-10-16-28-15-4-5-17-30(28)33;1-2-12-22(13-3-1)29-25-16-6-8-18-27(25)30(28-19-9-7-17-26(28)29)24-20-10-14-21-11-4-5-15-23(21)24/h3-27H,1-2H3;1-26H;1-20H/i8D,9D,16D,17D;1D,2D,3D,6D,7D,8D,9D,13D,14D,18D,19D,20D,21D;4D,5D,6D,7D,8D,9D,10D,11D,14D,15D,16D,17D,18D,19D,20D. The van der Waals surface area contributed by atoms with Crippen molar-refractivity contribution in [3.63, 3.8) is 0 Å². The molecule has 0 saturated carbocycles. The molecule has 1 heteroatoms. The molecule has 0 bridgehead atoms. The predicted molar refractivity (Wildman–Crippen MR) is 500 cm³/mol. The summed E-state index contributed by atoms with van der Waals surface area (Å²) in [5.74, 6) is 0. The van der Waals surface area contributed by atoms with Gasteiger partial charge in [0.2, 0.25) is 0 Å². The van der Waals surface area contributed by atoms with Gasteiger partial charge in [-0.1, -0.05) is 420 Å². The minimum atomic E-state index is -0.738. The van der Waals surface area contributed by atoms with Gasteiger partial charge in [-0.2, -0.15) is 5.26 Å². The average molecular weight is 1520 g/mol. The maximum atomic E-state index is 10.1. The number of benzene rings is 22. The van der Waals surface area contributed by atoms with E-state index in [2.05, 4.69) is 80.6 Å². The van der Waals surface area contributed by atoms with Crippen molar-refractivity contribution in [2.45, 2.75) is 19.3 Å². The predicted octanol–water partition coefficient (Wildman–Crippen LogP) is 32.1. The van der Waals surface area contributed by atoms with Gasteiger partial charge in [-0.3, -0.25) is 0 Å². The number of nitriles is 1. The van der Waals surface area contributed by atoms with Crippen LogP contribution in [0.3, 0.4) is 0 Å². The van der Waals surface area contributed by atoms with E-state index in [-0.39, 0.29) is 118 Å². The molecule has 1 aliphatic rings. The fourth-order valence-electron chi connectivity index (χ4n) is 17.2. The molecule has 0 heterocycles. The molecule has 0 aliphatic heterocycles. The highest BCUT2D eigenvalue weighted by molar-refractivity contribution is 6.28. The summed E-state index contributed by atoms with van der Waals surface area (Å²) in [5, 5.41) is 15.7. The topological polar surface area (TPSA) is 23.8 Å². The van der Waals surface area contributed by atoms with Crippen molar-refractivity contribution in [1.82, 2.24) is 0 Å². The van der Waals surface area contributed by atoms with Crippen LogP contribution in [-0.4, -0.2) is 0 Å². The Hall–Kier alpha value is -15.1. The van der Waals surface area contributed by atoms with Crippen molar-refractivity contribution in [3.05, 3.63) is 447 Å². The van der Waals surface area contributed by atoms with Gasteiger partial charge in [-0.15, -0.1) is 0 Å². The zero-order valence-corrected chi connectivity index (χ0v) is 62.5. The summed E-state index contributed by atoms with van der Waals surface area (Å²) in [6.07, 6.45) is 0. The van der Waals surface area contributed by atoms with E-state index in [0.717, 1.165) is 60.1 Å². The van der Waals surface area contributed by atoms with Gasteiger partial charge in [0.05, 0.1) is 55.5 Å². The Bertz CT molecular complexity index is 9640. The molecule has 0 amide bonds. The number of hydrogen-bond acceptors (Lipinski definition) is 1. The third-order valence-corrected chi connectivity index (χ3v) is 22.4. The molecule has 0 aromatic heterocycles. The van der Waals surface area contributed by atoms with Gasteiger partial charge in [0, 0.05) is 5.41 Å². The van der Waals surface area contributed by atoms with Crippen LogP contribution in [0.4, 0.5) is 0 Å². The van der Waals surface area contributed by atoms with Crippen LogP contribution in [0.1, 0.15) is 74.4 Å². The lowest BCUT2D eigenvalue weighted by Crippen LogP contribution is -2.15. The summed E-state index contributed by atoms with van der Waals surface area (Å²) >= 11 is 0. The van der Waals surface area contributed by atoms with Gasteiger partial charge in [0.25, 0.3) is 0 Å². The quantitative estimate of drug-likeness (QED) is 0.139. The van der Waals surface area contributed by atoms with Crippen molar-refractivity contribution in [2.24, 2.45) is 0 Å². The molecule has 117 heavy (non-hydrogen) atoms. The molecule has 546 valence electrons. The van der Waals surface area contributed by atoms with Crippen LogP contribution in [0.5, 0.6) is 0 Å². The largest absolute Gasteiger partial charge is 0.192 e. The summed E-state index contributed by atoms with van der Waals surface area (Å²) < 4.78 is 281. The van der Waals surface area contributed by atoms with E-state index < -0.39 is 168 Å². The summed E-state index contributed by atoms with van der Waals surface area (Å²) in [7, 11) is 0. The van der Waals surface area contributed by atoms with E-state index in [1.807, 2.05) is 91.0 Å². The fraction of sp³-hybridized carbons (Fsp3) is 0.0259. The monoisotopic (exact) mass is 1520 g/mol. The molecule has 0 N–H and O–H groups in total. The highest BCUT2D eigenvalue weighted by Crippen LogP contribution is 2.54. The molecule has 22 aromatic carbocycles. The minimum absolute atomic E-state index is 0.0244. The van der Waals surface area contributed by atoms with Crippen LogP contribution >= 0.6 is 0 Å². The van der Waals surface area contributed by atoms with Gasteiger partial charge < -0.3 is 0 Å². The van der Waals surface area contributed by atoms with E-state index >= 15 is 0 Å². The molecular formula is C116H77N. The lowest BCUT2D eigenvalue weighted by atomic mass is 9.80. The average Bonchev–Trinajstić information content (AvgIpc) is 1.59. The normalized spacial score (nSPS) is 15.9. The van der Waals surface area contributed by atoms with Gasteiger partial charge in [-0.25, -0.2) is 0 Å². The lowest BCUT2D eigenvalue weighted by Gasteiger charge is -2.22. The Balaban J connectivity index is 0.000000131. The second-order valence-corrected chi connectivity index (χ2v) is 29.0. The first-order chi connectivity index (χ1) is 71.1. The van der Waals surface area contributed by atoms with Gasteiger partial charge in [0.1, 0.15) is 0 Å². The molecule has 0 saturated heterocycles. The second kappa shape index (κ2) is 29.2. The molecule has 0 atom stereocenters. The Morgan fingerprint density at radius 1 is 0.205 bits per heavy atom. The molecule has 1 nitrogen and oxygen atoms in total. The van der Waals surface area contributed by atoms with E-state index in [0.29, 0.717) is 54.9 Å². The minimum Gasteiger partial charge on any atom is -0.192 e. The van der Waals surface area contributed by atoms with E-state index in [1.54, 1.807) is 84.9 Å². The molecule has 0 radical (unpaired) electrons. The van der Waals surface area contributed by atoms with Crippen LogP contribution in [0.2, 0.25) is 0 Å². The molecule has 22 aromatic rings. The molecular weight excluding hydrogens is 1410 g/mol. The van der Waals surface area contributed by atoms with Crippen molar-refractivity contribution in [1.29, 1.82) is 5.26 Å². The maximum Gasteiger partial charge on any atom is 0.0991 e. The van der Waals surface area contributed by atoms with Gasteiger partial charge in [-0.05, 0) is 243 Å². The second-order valence-electron chi connectivity index (χ2n) is 29.0. The first-order valence-corrected chi connectivity index (χ1v) is 37.9. The van der Waals surface area contributed by atoms with E-state index in [1.165, 1.54) is 22.3 Å². The van der Waals surface area contributed by atoms with Crippen LogP contribution in [0.15, 0.2) is 430 Å². The fourth-order valence-corrected chi connectivity index (χ4v) is 17.2. The van der Waals surface area contributed by atoms with Crippen LogP contribution in [-0.2, 0) is 5.41 Å². The number of hydrogen-bond donors (Lipinski definition) is 0.